The van der Waals surface area contributed by atoms with Gasteiger partial charge in [-0.3, -0.25) is 4.79 Å². The Morgan fingerprint density at radius 2 is 2.25 bits per heavy atom. The van der Waals surface area contributed by atoms with Crippen LogP contribution in [-0.2, 0) is 4.79 Å². The van der Waals surface area contributed by atoms with E-state index in [2.05, 4.69) is 11.8 Å². The summed E-state index contributed by atoms with van der Waals surface area (Å²) < 4.78 is 18.3. The van der Waals surface area contributed by atoms with E-state index in [4.69, 9.17) is 10.5 Å². The minimum atomic E-state index is -0.506. The quantitative estimate of drug-likeness (QED) is 0.785. The van der Waals surface area contributed by atoms with Crippen molar-refractivity contribution < 1.29 is 13.9 Å². The molecular weight excluding hydrogens is 209 g/mol. The fourth-order valence-electron chi connectivity index (χ4n) is 1.12. The van der Waals surface area contributed by atoms with Gasteiger partial charge in [-0.25, -0.2) is 4.39 Å². The van der Waals surface area contributed by atoms with Crippen molar-refractivity contribution in [1.82, 2.24) is 0 Å². The third-order valence-corrected chi connectivity index (χ3v) is 1.68. The molecule has 1 rings (SSSR count). The Hall–Kier alpha value is -2.02. The number of rotatable bonds is 3. The summed E-state index contributed by atoms with van der Waals surface area (Å²) in [6, 6.07) is 4.17. The zero-order valence-electron chi connectivity index (χ0n) is 8.92. The van der Waals surface area contributed by atoms with Crippen LogP contribution >= 0.6 is 0 Å². The second-order valence-corrected chi connectivity index (χ2v) is 3.05. The highest BCUT2D eigenvalue weighted by Gasteiger charge is 1.99. The second kappa shape index (κ2) is 5.76. The fourth-order valence-corrected chi connectivity index (χ4v) is 1.12. The molecule has 4 heteroatoms. The molecule has 0 spiro atoms. The summed E-state index contributed by atoms with van der Waals surface area (Å²) in [7, 11) is 0. The molecule has 0 saturated heterocycles. The lowest BCUT2D eigenvalue weighted by atomic mass is 10.2. The molecule has 0 heterocycles. The molecule has 1 aromatic rings. The maximum absolute atomic E-state index is 13.1. The van der Waals surface area contributed by atoms with E-state index < -0.39 is 11.7 Å². The first-order valence-corrected chi connectivity index (χ1v) is 4.82. The molecule has 2 N–H and O–H groups in total. The Bertz CT molecular complexity index is 446. The number of hydrogen-bond acceptors (Lipinski definition) is 2. The summed E-state index contributed by atoms with van der Waals surface area (Å²) in [6.07, 6.45) is -0.0412. The van der Waals surface area contributed by atoms with E-state index in [1.165, 1.54) is 12.1 Å². The molecule has 0 aliphatic carbocycles. The van der Waals surface area contributed by atoms with E-state index >= 15 is 0 Å². The fraction of sp³-hybridized carbons (Fsp3) is 0.250. The highest BCUT2D eigenvalue weighted by molar-refractivity contribution is 5.76. The average Bonchev–Trinajstić information content (AvgIpc) is 2.16. The lowest BCUT2D eigenvalue weighted by Gasteiger charge is -2.03. The standard InChI is InChI=1S/C12H12FNO2/c1-2-16-11-7-9(6-10(13)8-11)4-3-5-12(14)15/h6-8H,2,5H2,1H3,(H2,14,15). The predicted octanol–water partition coefficient (Wildman–Crippen LogP) is 1.45. The van der Waals surface area contributed by atoms with E-state index in [0.29, 0.717) is 17.9 Å². The van der Waals surface area contributed by atoms with Crippen molar-refractivity contribution in [2.24, 2.45) is 5.73 Å². The molecule has 84 valence electrons. The van der Waals surface area contributed by atoms with Gasteiger partial charge >= 0.3 is 0 Å². The van der Waals surface area contributed by atoms with Crippen LogP contribution in [-0.4, -0.2) is 12.5 Å². The Morgan fingerprint density at radius 3 is 2.88 bits per heavy atom. The molecule has 1 amide bonds. The molecular formula is C12H12FNO2. The summed E-state index contributed by atoms with van der Waals surface area (Å²) in [6.45, 7) is 2.26. The number of carbonyl (C=O) groups excluding carboxylic acids is 1. The summed E-state index contributed by atoms with van der Waals surface area (Å²) >= 11 is 0. The molecule has 3 nitrogen and oxygen atoms in total. The molecule has 0 radical (unpaired) electrons. The SMILES string of the molecule is CCOc1cc(F)cc(C#CCC(N)=O)c1. The van der Waals surface area contributed by atoms with Gasteiger partial charge in [0.05, 0.1) is 13.0 Å². The Kier molecular flexibility index (Phi) is 4.34. The highest BCUT2D eigenvalue weighted by Crippen LogP contribution is 2.15. The van der Waals surface area contributed by atoms with Gasteiger partial charge < -0.3 is 10.5 Å². The molecule has 0 unspecified atom stereocenters. The van der Waals surface area contributed by atoms with Crippen molar-refractivity contribution >= 4 is 5.91 Å². The van der Waals surface area contributed by atoms with Crippen molar-refractivity contribution in [3.8, 4) is 17.6 Å². The second-order valence-electron chi connectivity index (χ2n) is 3.05. The number of hydrogen-bond donors (Lipinski definition) is 1. The number of primary amides is 1. The molecule has 0 aliphatic heterocycles. The zero-order chi connectivity index (χ0) is 12.0. The highest BCUT2D eigenvalue weighted by atomic mass is 19.1. The molecule has 0 saturated carbocycles. The molecule has 0 bridgehead atoms. The van der Waals surface area contributed by atoms with Crippen LogP contribution in [0.1, 0.15) is 18.9 Å². The monoisotopic (exact) mass is 221 g/mol. The number of carbonyl (C=O) groups is 1. The van der Waals surface area contributed by atoms with Crippen LogP contribution in [0.15, 0.2) is 18.2 Å². The largest absolute Gasteiger partial charge is 0.494 e. The Balaban J connectivity index is 2.86. The van der Waals surface area contributed by atoms with Crippen molar-refractivity contribution in [3.05, 3.63) is 29.6 Å². The van der Waals surface area contributed by atoms with Crippen molar-refractivity contribution in [1.29, 1.82) is 0 Å². The third-order valence-electron chi connectivity index (χ3n) is 1.68. The summed E-state index contributed by atoms with van der Waals surface area (Å²) in [5.74, 6) is 4.69. The first-order chi connectivity index (χ1) is 7.61. The summed E-state index contributed by atoms with van der Waals surface area (Å²) in [4.78, 5) is 10.4. The minimum Gasteiger partial charge on any atom is -0.494 e. The van der Waals surface area contributed by atoms with Gasteiger partial charge in [0.2, 0.25) is 5.91 Å². The van der Waals surface area contributed by atoms with E-state index in [-0.39, 0.29) is 6.42 Å². The van der Waals surface area contributed by atoms with Gasteiger partial charge in [0.15, 0.2) is 0 Å². The van der Waals surface area contributed by atoms with Crippen LogP contribution in [0.4, 0.5) is 4.39 Å². The van der Waals surface area contributed by atoms with Crippen molar-refractivity contribution in [2.75, 3.05) is 6.61 Å². The zero-order valence-corrected chi connectivity index (χ0v) is 8.92. The number of nitrogens with two attached hydrogens (primary N) is 1. The minimum absolute atomic E-state index is 0.0412. The first-order valence-electron chi connectivity index (χ1n) is 4.82. The number of amides is 1. The van der Waals surface area contributed by atoms with E-state index in [9.17, 15) is 9.18 Å². The van der Waals surface area contributed by atoms with Gasteiger partial charge in [-0.05, 0) is 19.1 Å². The van der Waals surface area contributed by atoms with E-state index in [1.54, 1.807) is 6.07 Å². The van der Waals surface area contributed by atoms with Crippen LogP contribution in [0.25, 0.3) is 0 Å². The molecule has 0 atom stereocenters. The molecule has 0 fully saturated rings. The third kappa shape index (κ3) is 4.01. The lowest BCUT2D eigenvalue weighted by molar-refractivity contribution is -0.117. The first kappa shape index (κ1) is 12.1. The van der Waals surface area contributed by atoms with Gasteiger partial charge in [0, 0.05) is 11.6 Å². The normalized spacial score (nSPS) is 9.12. The van der Waals surface area contributed by atoms with Gasteiger partial charge in [0.25, 0.3) is 0 Å². The molecule has 0 aliphatic rings. The predicted molar refractivity (Wildman–Crippen MR) is 58.3 cm³/mol. The average molecular weight is 221 g/mol. The maximum atomic E-state index is 13.1. The van der Waals surface area contributed by atoms with E-state index in [0.717, 1.165) is 0 Å². The summed E-state index contributed by atoms with van der Waals surface area (Å²) in [5, 5.41) is 0. The van der Waals surface area contributed by atoms with Crippen LogP contribution < -0.4 is 10.5 Å². The molecule has 16 heavy (non-hydrogen) atoms. The number of ether oxygens (including phenoxy) is 1. The van der Waals surface area contributed by atoms with Gasteiger partial charge in [0.1, 0.15) is 11.6 Å². The smallest absolute Gasteiger partial charge is 0.229 e. The van der Waals surface area contributed by atoms with Crippen LogP contribution in [0, 0.1) is 17.7 Å². The van der Waals surface area contributed by atoms with Gasteiger partial charge in [-0.15, -0.1) is 0 Å². The van der Waals surface area contributed by atoms with Crippen LogP contribution in [0.3, 0.4) is 0 Å². The lowest BCUT2D eigenvalue weighted by Crippen LogP contribution is -2.08. The van der Waals surface area contributed by atoms with Crippen molar-refractivity contribution in [3.63, 3.8) is 0 Å². The van der Waals surface area contributed by atoms with Crippen LogP contribution in [0.2, 0.25) is 0 Å². The molecule has 1 aromatic carbocycles. The van der Waals surface area contributed by atoms with Gasteiger partial charge in [-0.2, -0.15) is 0 Å². The Labute approximate surface area is 93.4 Å². The van der Waals surface area contributed by atoms with Crippen molar-refractivity contribution in [2.45, 2.75) is 13.3 Å². The number of benzene rings is 1. The topological polar surface area (TPSA) is 52.3 Å². The Morgan fingerprint density at radius 1 is 1.50 bits per heavy atom. The number of halogens is 1. The molecule has 0 aromatic heterocycles. The van der Waals surface area contributed by atoms with Crippen LogP contribution in [0.5, 0.6) is 5.75 Å². The summed E-state index contributed by atoms with van der Waals surface area (Å²) in [5.41, 5.74) is 5.39. The van der Waals surface area contributed by atoms with Gasteiger partial charge in [-0.1, -0.05) is 11.8 Å². The van der Waals surface area contributed by atoms with E-state index in [1.807, 2.05) is 6.92 Å². The maximum Gasteiger partial charge on any atom is 0.229 e.